The molecule has 1 atom stereocenters. The molecule has 1 aliphatic heterocycles. The Morgan fingerprint density at radius 2 is 1.76 bits per heavy atom. The van der Waals surface area contributed by atoms with E-state index in [0.29, 0.717) is 5.78 Å². The number of halogens is 1. The smallest absolute Gasteiger partial charge is 0.179 e. The van der Waals surface area contributed by atoms with Crippen molar-refractivity contribution in [2.24, 2.45) is 0 Å². The average molecular weight is 308 g/mol. The van der Waals surface area contributed by atoms with Crippen LogP contribution in [0.1, 0.15) is 60.5 Å². The van der Waals surface area contributed by atoms with Crippen LogP contribution in [0.2, 0.25) is 0 Å². The summed E-state index contributed by atoms with van der Waals surface area (Å²) < 4.78 is 0. The highest BCUT2D eigenvalue weighted by atomic mass is 35.5. The van der Waals surface area contributed by atoms with E-state index in [-0.39, 0.29) is 18.4 Å². The van der Waals surface area contributed by atoms with Crippen molar-refractivity contribution in [2.75, 3.05) is 13.1 Å². The van der Waals surface area contributed by atoms with Crippen molar-refractivity contribution in [1.29, 1.82) is 0 Å². The number of hydrogen-bond acceptors (Lipinski definition) is 2. The second-order valence-electron chi connectivity index (χ2n) is 6.22. The van der Waals surface area contributed by atoms with E-state index in [4.69, 9.17) is 0 Å². The van der Waals surface area contributed by atoms with Crippen LogP contribution in [0.25, 0.3) is 0 Å². The average Bonchev–Trinajstić information content (AvgIpc) is 3.01. The number of ketones is 1. The van der Waals surface area contributed by atoms with Gasteiger partial charge in [-0.05, 0) is 75.2 Å². The number of aryl methyl sites for hydroxylation is 2. The third-order valence-electron chi connectivity index (χ3n) is 4.90. The van der Waals surface area contributed by atoms with Gasteiger partial charge in [-0.15, -0.1) is 12.4 Å². The molecule has 2 nitrogen and oxygen atoms in total. The lowest BCUT2D eigenvalue weighted by atomic mass is 9.88. The van der Waals surface area contributed by atoms with E-state index in [1.807, 2.05) is 0 Å². The number of Topliss-reactive ketones (excluding diaryl/α,β-unsaturated/α-hetero) is 1. The van der Waals surface area contributed by atoms with Gasteiger partial charge >= 0.3 is 0 Å². The summed E-state index contributed by atoms with van der Waals surface area (Å²) in [6.45, 7) is 4.32. The molecule has 0 saturated carbocycles. The van der Waals surface area contributed by atoms with E-state index in [0.717, 1.165) is 31.5 Å². The molecule has 0 spiro atoms. The Morgan fingerprint density at radius 1 is 1.10 bits per heavy atom. The van der Waals surface area contributed by atoms with Crippen molar-refractivity contribution in [3.63, 3.8) is 0 Å². The molecule has 1 aliphatic carbocycles. The molecule has 1 unspecified atom stereocenters. The topological polar surface area (TPSA) is 20.3 Å². The van der Waals surface area contributed by atoms with Crippen LogP contribution in [0, 0.1) is 0 Å². The number of rotatable bonds is 4. The summed E-state index contributed by atoms with van der Waals surface area (Å²) in [6.07, 6.45) is 8.32. The van der Waals surface area contributed by atoms with Gasteiger partial charge in [-0.2, -0.15) is 0 Å². The van der Waals surface area contributed by atoms with E-state index < -0.39 is 0 Å². The first-order valence-corrected chi connectivity index (χ1v) is 8.19. The summed E-state index contributed by atoms with van der Waals surface area (Å²) in [5.74, 6) is 0.336. The van der Waals surface area contributed by atoms with Gasteiger partial charge in [0.05, 0.1) is 6.04 Å². The molecule has 3 rings (SSSR count). The standard InChI is InChI=1S/C18H25NO.ClH/c1-2-17(19-11-5-6-12-19)18(20)16-10-9-14-7-3-4-8-15(14)13-16;/h9-10,13,17H,2-8,11-12H2,1H3;1H. The zero-order valence-electron chi connectivity index (χ0n) is 12.9. The molecule has 0 aromatic heterocycles. The predicted molar refractivity (Wildman–Crippen MR) is 89.5 cm³/mol. The lowest BCUT2D eigenvalue weighted by Crippen LogP contribution is -2.38. The molecule has 1 aromatic carbocycles. The van der Waals surface area contributed by atoms with Crippen molar-refractivity contribution >= 4 is 18.2 Å². The normalized spacial score (nSPS) is 19.7. The molecule has 1 fully saturated rings. The minimum Gasteiger partial charge on any atom is -0.293 e. The summed E-state index contributed by atoms with van der Waals surface area (Å²) in [6, 6.07) is 6.53. The van der Waals surface area contributed by atoms with E-state index in [1.165, 1.54) is 43.2 Å². The Bertz CT molecular complexity index is 494. The maximum atomic E-state index is 12.8. The third-order valence-corrected chi connectivity index (χ3v) is 4.90. The van der Waals surface area contributed by atoms with Gasteiger partial charge in [0.2, 0.25) is 0 Å². The van der Waals surface area contributed by atoms with Gasteiger partial charge in [0.25, 0.3) is 0 Å². The molecule has 0 amide bonds. The highest BCUT2D eigenvalue weighted by Crippen LogP contribution is 2.24. The van der Waals surface area contributed by atoms with Crippen molar-refractivity contribution in [3.8, 4) is 0 Å². The molecular formula is C18H26ClNO. The fourth-order valence-corrected chi connectivity index (χ4v) is 3.74. The van der Waals surface area contributed by atoms with E-state index >= 15 is 0 Å². The minimum absolute atomic E-state index is 0. The first-order chi connectivity index (χ1) is 9.79. The van der Waals surface area contributed by atoms with Crippen molar-refractivity contribution < 1.29 is 4.79 Å². The molecular weight excluding hydrogens is 282 g/mol. The SMILES string of the molecule is CCC(C(=O)c1ccc2c(c1)CCCC2)N1CCCC1.Cl. The Morgan fingerprint density at radius 3 is 2.43 bits per heavy atom. The van der Waals surface area contributed by atoms with E-state index in [2.05, 4.69) is 30.0 Å². The minimum atomic E-state index is 0. The molecule has 0 N–H and O–H groups in total. The summed E-state index contributed by atoms with van der Waals surface area (Å²) in [4.78, 5) is 15.2. The predicted octanol–water partition coefficient (Wildman–Crippen LogP) is 4.04. The highest BCUT2D eigenvalue weighted by Gasteiger charge is 2.27. The van der Waals surface area contributed by atoms with Crippen molar-refractivity contribution in [3.05, 3.63) is 34.9 Å². The molecule has 0 radical (unpaired) electrons. The zero-order chi connectivity index (χ0) is 13.9. The van der Waals surface area contributed by atoms with Crippen LogP contribution >= 0.6 is 12.4 Å². The Hall–Kier alpha value is -0.860. The fourth-order valence-electron chi connectivity index (χ4n) is 3.74. The number of carbonyl (C=O) groups excluding carboxylic acids is 1. The molecule has 0 bridgehead atoms. The van der Waals surface area contributed by atoms with Crippen LogP contribution in [0.5, 0.6) is 0 Å². The van der Waals surface area contributed by atoms with E-state index in [1.54, 1.807) is 0 Å². The molecule has 1 heterocycles. The molecule has 21 heavy (non-hydrogen) atoms. The van der Waals surface area contributed by atoms with Gasteiger partial charge in [0, 0.05) is 5.56 Å². The van der Waals surface area contributed by atoms with Crippen LogP contribution in [-0.2, 0) is 12.8 Å². The number of carbonyl (C=O) groups is 1. The maximum Gasteiger partial charge on any atom is 0.179 e. The van der Waals surface area contributed by atoms with Crippen molar-refractivity contribution in [2.45, 2.75) is 57.9 Å². The van der Waals surface area contributed by atoms with E-state index in [9.17, 15) is 4.79 Å². The summed E-state index contributed by atoms with van der Waals surface area (Å²) in [5, 5.41) is 0. The summed E-state index contributed by atoms with van der Waals surface area (Å²) >= 11 is 0. The number of likely N-dealkylation sites (tertiary alicyclic amines) is 1. The van der Waals surface area contributed by atoms with Gasteiger partial charge in [0.15, 0.2) is 5.78 Å². The second-order valence-corrected chi connectivity index (χ2v) is 6.22. The first-order valence-electron chi connectivity index (χ1n) is 8.19. The van der Waals surface area contributed by atoms with Crippen LogP contribution < -0.4 is 0 Å². The first kappa shape index (κ1) is 16.5. The largest absolute Gasteiger partial charge is 0.293 e. The van der Waals surface area contributed by atoms with Crippen LogP contribution in [0.15, 0.2) is 18.2 Å². The maximum absolute atomic E-state index is 12.8. The van der Waals surface area contributed by atoms with Crippen LogP contribution in [-0.4, -0.2) is 29.8 Å². The molecule has 3 heteroatoms. The number of fused-ring (bicyclic) bond motifs is 1. The van der Waals surface area contributed by atoms with Gasteiger partial charge in [0.1, 0.15) is 0 Å². The van der Waals surface area contributed by atoms with Crippen LogP contribution in [0.4, 0.5) is 0 Å². The van der Waals surface area contributed by atoms with Crippen LogP contribution in [0.3, 0.4) is 0 Å². The Kier molecular flexibility index (Phi) is 5.83. The van der Waals surface area contributed by atoms with Gasteiger partial charge < -0.3 is 0 Å². The third kappa shape index (κ3) is 3.49. The molecule has 116 valence electrons. The summed E-state index contributed by atoms with van der Waals surface area (Å²) in [7, 11) is 0. The molecule has 1 aromatic rings. The number of benzene rings is 1. The molecule has 2 aliphatic rings. The number of nitrogens with zero attached hydrogens (tertiary/aromatic N) is 1. The van der Waals surface area contributed by atoms with Gasteiger partial charge in [-0.1, -0.05) is 19.1 Å². The summed E-state index contributed by atoms with van der Waals surface area (Å²) in [5.41, 5.74) is 3.81. The quantitative estimate of drug-likeness (QED) is 0.782. The number of hydrogen-bond donors (Lipinski definition) is 0. The zero-order valence-corrected chi connectivity index (χ0v) is 13.8. The van der Waals surface area contributed by atoms with Gasteiger partial charge in [-0.25, -0.2) is 0 Å². The second kappa shape index (κ2) is 7.42. The molecule has 1 saturated heterocycles. The Balaban J connectivity index is 0.00000161. The monoisotopic (exact) mass is 307 g/mol. The van der Waals surface area contributed by atoms with Gasteiger partial charge in [-0.3, -0.25) is 9.69 Å². The Labute approximate surface area is 134 Å². The highest BCUT2D eigenvalue weighted by molar-refractivity contribution is 6.00. The van der Waals surface area contributed by atoms with Crippen molar-refractivity contribution in [1.82, 2.24) is 4.90 Å². The lowest BCUT2D eigenvalue weighted by molar-refractivity contribution is 0.0844. The lowest BCUT2D eigenvalue weighted by Gasteiger charge is -2.25. The fraction of sp³-hybridized carbons (Fsp3) is 0.611.